The summed E-state index contributed by atoms with van der Waals surface area (Å²) in [5.74, 6) is -0.0106. The van der Waals surface area contributed by atoms with E-state index in [4.69, 9.17) is 0 Å². The van der Waals surface area contributed by atoms with Gasteiger partial charge in [-0.3, -0.25) is 4.72 Å². The molecule has 0 atom stereocenters. The molecular formula is C14H16N2O4S. The zero-order valence-corrected chi connectivity index (χ0v) is 12.2. The highest BCUT2D eigenvalue weighted by Gasteiger charge is 2.04. The molecule has 6 nitrogen and oxygen atoms in total. The second-order valence-corrected chi connectivity index (χ2v) is 6.37. The Kier molecular flexibility index (Phi) is 4.23. The Hall–Kier alpha value is -2.41. The molecule has 0 unspecified atom stereocenters. The molecule has 0 aliphatic rings. The van der Waals surface area contributed by atoms with E-state index in [9.17, 15) is 18.6 Å². The fraction of sp³-hybridized carbons (Fsp3) is 0.143. The summed E-state index contributed by atoms with van der Waals surface area (Å²) in [6, 6.07) is 11.1. The van der Waals surface area contributed by atoms with Crippen molar-refractivity contribution in [1.29, 1.82) is 0 Å². The average molecular weight is 308 g/mol. The minimum Gasteiger partial charge on any atom is -0.508 e. The van der Waals surface area contributed by atoms with E-state index >= 15 is 0 Å². The first-order valence-corrected chi connectivity index (χ1v) is 8.05. The van der Waals surface area contributed by atoms with Gasteiger partial charge in [-0.2, -0.15) is 0 Å². The molecule has 0 aliphatic carbocycles. The zero-order chi connectivity index (χ0) is 15.5. The Labute approximate surface area is 123 Å². The molecule has 0 amide bonds. The van der Waals surface area contributed by atoms with Crippen LogP contribution in [-0.4, -0.2) is 24.9 Å². The van der Waals surface area contributed by atoms with Crippen LogP contribution in [-0.2, 0) is 16.6 Å². The van der Waals surface area contributed by atoms with Gasteiger partial charge in [-0.25, -0.2) is 8.42 Å². The molecular weight excluding hydrogens is 292 g/mol. The smallest absolute Gasteiger partial charge is 0.229 e. The number of phenols is 2. The second kappa shape index (κ2) is 5.92. The third-order valence-electron chi connectivity index (χ3n) is 2.72. The van der Waals surface area contributed by atoms with E-state index in [2.05, 4.69) is 10.0 Å². The van der Waals surface area contributed by atoms with Gasteiger partial charge in [0.1, 0.15) is 11.5 Å². The maximum Gasteiger partial charge on any atom is 0.229 e. The number of hydrogen-bond acceptors (Lipinski definition) is 5. The van der Waals surface area contributed by atoms with Crippen molar-refractivity contribution in [3.8, 4) is 11.5 Å². The summed E-state index contributed by atoms with van der Waals surface area (Å²) in [6.07, 6.45) is 1.08. The summed E-state index contributed by atoms with van der Waals surface area (Å²) in [5.41, 5.74) is 1.78. The summed E-state index contributed by atoms with van der Waals surface area (Å²) in [5, 5.41) is 22.0. The van der Waals surface area contributed by atoms with Crippen LogP contribution in [0.4, 0.5) is 11.4 Å². The molecule has 2 aromatic carbocycles. The lowest BCUT2D eigenvalue weighted by molar-refractivity contribution is 0.446. The van der Waals surface area contributed by atoms with Crippen molar-refractivity contribution in [3.05, 3.63) is 48.0 Å². The monoisotopic (exact) mass is 308 g/mol. The van der Waals surface area contributed by atoms with Crippen LogP contribution in [0.15, 0.2) is 42.5 Å². The van der Waals surface area contributed by atoms with Gasteiger partial charge in [0.05, 0.1) is 11.9 Å². The van der Waals surface area contributed by atoms with E-state index in [-0.39, 0.29) is 11.5 Å². The Morgan fingerprint density at radius 3 is 2.43 bits per heavy atom. The number of benzene rings is 2. The summed E-state index contributed by atoms with van der Waals surface area (Å²) in [7, 11) is -3.32. The minimum absolute atomic E-state index is 0.00407. The third-order valence-corrected chi connectivity index (χ3v) is 3.32. The highest BCUT2D eigenvalue weighted by atomic mass is 32.2. The average Bonchev–Trinajstić information content (AvgIpc) is 2.36. The van der Waals surface area contributed by atoms with Gasteiger partial charge in [-0.15, -0.1) is 0 Å². The molecule has 0 fully saturated rings. The van der Waals surface area contributed by atoms with Crippen LogP contribution in [0.5, 0.6) is 11.5 Å². The molecule has 0 saturated carbocycles. The fourth-order valence-electron chi connectivity index (χ4n) is 1.81. The van der Waals surface area contributed by atoms with Crippen molar-refractivity contribution in [1.82, 2.24) is 0 Å². The van der Waals surface area contributed by atoms with Crippen LogP contribution in [0, 0.1) is 0 Å². The number of hydrogen-bond donors (Lipinski definition) is 4. The first kappa shape index (κ1) is 15.0. The van der Waals surface area contributed by atoms with Gasteiger partial charge in [0, 0.05) is 23.9 Å². The summed E-state index contributed by atoms with van der Waals surface area (Å²) < 4.78 is 24.7. The van der Waals surface area contributed by atoms with Crippen molar-refractivity contribution < 1.29 is 18.6 Å². The molecule has 2 aromatic rings. The van der Waals surface area contributed by atoms with Gasteiger partial charge in [0.15, 0.2) is 0 Å². The SMILES string of the molecule is CS(=O)(=O)Nc1cccc(NCc2ccc(O)cc2O)c1. The Balaban J connectivity index is 2.08. The van der Waals surface area contributed by atoms with E-state index in [0.29, 0.717) is 23.5 Å². The number of aromatic hydroxyl groups is 2. The predicted molar refractivity (Wildman–Crippen MR) is 82.0 cm³/mol. The maximum absolute atomic E-state index is 11.2. The molecule has 2 rings (SSSR count). The topological polar surface area (TPSA) is 98.7 Å². The number of rotatable bonds is 5. The van der Waals surface area contributed by atoms with E-state index < -0.39 is 10.0 Å². The summed E-state index contributed by atoms with van der Waals surface area (Å²) in [6.45, 7) is 0.342. The van der Waals surface area contributed by atoms with E-state index in [0.717, 1.165) is 6.26 Å². The van der Waals surface area contributed by atoms with Crippen molar-refractivity contribution in [2.75, 3.05) is 16.3 Å². The van der Waals surface area contributed by atoms with Gasteiger partial charge < -0.3 is 15.5 Å². The highest BCUT2D eigenvalue weighted by Crippen LogP contribution is 2.24. The van der Waals surface area contributed by atoms with Crippen molar-refractivity contribution >= 4 is 21.4 Å². The third kappa shape index (κ3) is 4.57. The maximum atomic E-state index is 11.2. The lowest BCUT2D eigenvalue weighted by Gasteiger charge is -2.10. The number of phenolic OH excluding ortho intramolecular Hbond substituents is 2. The van der Waals surface area contributed by atoms with Gasteiger partial charge in [-0.05, 0) is 30.3 Å². The Morgan fingerprint density at radius 1 is 1.05 bits per heavy atom. The summed E-state index contributed by atoms with van der Waals surface area (Å²) >= 11 is 0. The molecule has 0 aromatic heterocycles. The van der Waals surface area contributed by atoms with Crippen molar-refractivity contribution in [2.24, 2.45) is 0 Å². The molecule has 0 bridgehead atoms. The zero-order valence-electron chi connectivity index (χ0n) is 11.4. The molecule has 21 heavy (non-hydrogen) atoms. The molecule has 7 heteroatoms. The van der Waals surface area contributed by atoms with Gasteiger partial charge >= 0.3 is 0 Å². The quantitative estimate of drug-likeness (QED) is 0.678. The second-order valence-electron chi connectivity index (χ2n) is 4.62. The lowest BCUT2D eigenvalue weighted by atomic mass is 10.2. The molecule has 0 saturated heterocycles. The van der Waals surface area contributed by atoms with Crippen molar-refractivity contribution in [3.63, 3.8) is 0 Å². The van der Waals surface area contributed by atoms with E-state index in [1.54, 1.807) is 30.3 Å². The van der Waals surface area contributed by atoms with Crippen LogP contribution in [0.2, 0.25) is 0 Å². The molecule has 0 radical (unpaired) electrons. The van der Waals surface area contributed by atoms with Gasteiger partial charge in [0.2, 0.25) is 10.0 Å². The van der Waals surface area contributed by atoms with Crippen LogP contribution in [0.25, 0.3) is 0 Å². The highest BCUT2D eigenvalue weighted by molar-refractivity contribution is 7.92. The molecule has 0 aliphatic heterocycles. The van der Waals surface area contributed by atoms with Crippen molar-refractivity contribution in [2.45, 2.75) is 6.54 Å². The Bertz CT molecular complexity index is 744. The molecule has 0 spiro atoms. The van der Waals surface area contributed by atoms with Crippen LogP contribution in [0.3, 0.4) is 0 Å². The van der Waals surface area contributed by atoms with Crippen LogP contribution < -0.4 is 10.0 Å². The fourth-order valence-corrected chi connectivity index (χ4v) is 2.36. The number of nitrogens with one attached hydrogen (secondary N) is 2. The number of anilines is 2. The largest absolute Gasteiger partial charge is 0.508 e. The Morgan fingerprint density at radius 2 is 1.76 bits per heavy atom. The summed E-state index contributed by atoms with van der Waals surface area (Å²) in [4.78, 5) is 0. The molecule has 0 heterocycles. The standard InChI is InChI=1S/C14H16N2O4S/c1-21(19,20)16-12-4-2-3-11(7-12)15-9-10-5-6-13(17)8-14(10)18/h2-8,15-18H,9H2,1H3. The first-order chi connectivity index (χ1) is 9.83. The van der Waals surface area contributed by atoms with Gasteiger partial charge in [-0.1, -0.05) is 6.07 Å². The lowest BCUT2D eigenvalue weighted by Crippen LogP contribution is -2.09. The normalized spacial score (nSPS) is 11.1. The van der Waals surface area contributed by atoms with E-state index in [1.807, 2.05) is 0 Å². The number of sulfonamides is 1. The predicted octanol–water partition coefficient (Wildman–Crippen LogP) is 2.08. The van der Waals surface area contributed by atoms with Crippen LogP contribution >= 0.6 is 0 Å². The van der Waals surface area contributed by atoms with E-state index in [1.165, 1.54) is 12.1 Å². The first-order valence-electron chi connectivity index (χ1n) is 6.16. The molecule has 4 N–H and O–H groups in total. The van der Waals surface area contributed by atoms with Crippen LogP contribution in [0.1, 0.15) is 5.56 Å². The molecule has 112 valence electrons. The van der Waals surface area contributed by atoms with Gasteiger partial charge in [0.25, 0.3) is 0 Å². The minimum atomic E-state index is -3.32.